The molecule has 6 nitrogen and oxygen atoms in total. The van der Waals surface area contributed by atoms with Crippen molar-refractivity contribution in [3.8, 4) is 5.75 Å². The second-order valence-electron chi connectivity index (χ2n) is 6.77. The van der Waals surface area contributed by atoms with Gasteiger partial charge in [0.25, 0.3) is 15.9 Å². The Hall–Kier alpha value is -3.03. The fraction of sp³-hybridized carbons (Fsp3) is 0.174. The van der Waals surface area contributed by atoms with E-state index in [9.17, 15) is 13.2 Å². The summed E-state index contributed by atoms with van der Waals surface area (Å²) >= 11 is 5.97. The van der Waals surface area contributed by atoms with E-state index in [0.717, 1.165) is 5.56 Å². The van der Waals surface area contributed by atoms with Gasteiger partial charge in [0.15, 0.2) is 6.61 Å². The van der Waals surface area contributed by atoms with Crippen LogP contribution in [-0.2, 0) is 14.8 Å². The Bertz CT molecular complexity index is 1150. The molecule has 0 atom stereocenters. The summed E-state index contributed by atoms with van der Waals surface area (Å²) < 4.78 is 32.7. The van der Waals surface area contributed by atoms with Gasteiger partial charge < -0.3 is 10.1 Å². The van der Waals surface area contributed by atoms with Crippen LogP contribution in [0.25, 0.3) is 0 Å². The quantitative estimate of drug-likeness (QED) is 0.522. The zero-order chi connectivity index (χ0) is 22.4. The number of sulfonamides is 1. The molecule has 162 valence electrons. The molecule has 0 unspecified atom stereocenters. The first-order valence-corrected chi connectivity index (χ1v) is 11.5. The molecule has 0 saturated heterocycles. The van der Waals surface area contributed by atoms with Crippen molar-refractivity contribution in [1.29, 1.82) is 0 Å². The minimum absolute atomic E-state index is 0.189. The van der Waals surface area contributed by atoms with Gasteiger partial charge in [-0.15, -0.1) is 0 Å². The molecule has 0 aliphatic heterocycles. The number of anilines is 2. The molecule has 0 aliphatic rings. The third kappa shape index (κ3) is 5.57. The summed E-state index contributed by atoms with van der Waals surface area (Å²) in [5.74, 6) is 0.131. The minimum atomic E-state index is -3.67. The lowest BCUT2D eigenvalue weighted by Crippen LogP contribution is -2.30. The first-order valence-electron chi connectivity index (χ1n) is 9.68. The molecule has 0 bridgehead atoms. The first-order chi connectivity index (χ1) is 14.8. The number of ether oxygens (including phenoxy) is 1. The highest BCUT2D eigenvalue weighted by Crippen LogP contribution is 2.26. The molecule has 0 saturated carbocycles. The van der Waals surface area contributed by atoms with Gasteiger partial charge >= 0.3 is 0 Å². The molecular formula is C23H23ClN2O4S. The summed E-state index contributed by atoms with van der Waals surface area (Å²) in [6.45, 7) is 3.73. The molecule has 8 heteroatoms. The number of hydrogen-bond acceptors (Lipinski definition) is 4. The normalized spacial score (nSPS) is 11.1. The van der Waals surface area contributed by atoms with Gasteiger partial charge in [0.05, 0.1) is 10.6 Å². The van der Waals surface area contributed by atoms with Crippen LogP contribution in [0.15, 0.2) is 77.7 Å². The molecule has 1 amide bonds. The average molecular weight is 459 g/mol. The molecule has 3 aromatic carbocycles. The molecule has 3 rings (SSSR count). The topological polar surface area (TPSA) is 75.7 Å². The predicted octanol–water partition coefficient (Wildman–Crippen LogP) is 4.88. The van der Waals surface area contributed by atoms with Crippen LogP contribution >= 0.6 is 11.6 Å². The predicted molar refractivity (Wildman–Crippen MR) is 123 cm³/mol. The number of nitrogens with zero attached hydrogens (tertiary/aromatic N) is 1. The van der Waals surface area contributed by atoms with E-state index in [1.165, 1.54) is 4.31 Å². The zero-order valence-corrected chi connectivity index (χ0v) is 18.8. The fourth-order valence-corrected chi connectivity index (χ4v) is 4.65. The zero-order valence-electron chi connectivity index (χ0n) is 17.2. The number of aryl methyl sites for hydroxylation is 1. The lowest BCUT2D eigenvalue weighted by atomic mass is 10.2. The highest BCUT2D eigenvalue weighted by Gasteiger charge is 2.23. The van der Waals surface area contributed by atoms with Crippen LogP contribution in [0, 0.1) is 6.92 Å². The van der Waals surface area contributed by atoms with Gasteiger partial charge in [0.1, 0.15) is 5.75 Å². The van der Waals surface area contributed by atoms with E-state index < -0.39 is 10.0 Å². The maximum Gasteiger partial charge on any atom is 0.264 e. The number of carbonyl (C=O) groups excluding carboxylic acids is 1. The Balaban J connectivity index is 1.65. The standard InChI is InChI=1S/C23H23ClN2O4S/c1-3-26(31(28,29)21-7-5-4-6-8-21)19-11-13-20(14-12-19)30-16-23(27)25-22-15-18(24)10-9-17(22)2/h4-15H,3,16H2,1-2H3,(H,25,27). The van der Waals surface area contributed by atoms with Crippen LogP contribution in [0.2, 0.25) is 5.02 Å². The van der Waals surface area contributed by atoms with E-state index >= 15 is 0 Å². The molecule has 0 radical (unpaired) electrons. The lowest BCUT2D eigenvalue weighted by molar-refractivity contribution is -0.118. The number of halogens is 1. The highest BCUT2D eigenvalue weighted by molar-refractivity contribution is 7.92. The molecule has 0 aliphatic carbocycles. The van der Waals surface area contributed by atoms with Crippen molar-refractivity contribution < 1.29 is 17.9 Å². The van der Waals surface area contributed by atoms with Crippen molar-refractivity contribution in [3.05, 3.63) is 83.4 Å². The highest BCUT2D eigenvalue weighted by atomic mass is 35.5. The Kier molecular flexibility index (Phi) is 7.20. The Labute approximate surface area is 187 Å². The van der Waals surface area contributed by atoms with E-state index in [1.54, 1.807) is 73.7 Å². The number of hydrogen-bond donors (Lipinski definition) is 1. The van der Waals surface area contributed by atoms with Crippen molar-refractivity contribution in [1.82, 2.24) is 0 Å². The summed E-state index contributed by atoms with van der Waals surface area (Å²) in [4.78, 5) is 12.4. The van der Waals surface area contributed by atoms with Crippen LogP contribution in [0.4, 0.5) is 11.4 Å². The molecule has 31 heavy (non-hydrogen) atoms. The van der Waals surface area contributed by atoms with Crippen molar-refractivity contribution in [3.63, 3.8) is 0 Å². The maximum absolute atomic E-state index is 12.9. The van der Waals surface area contributed by atoms with Crippen molar-refractivity contribution in [2.45, 2.75) is 18.7 Å². The van der Waals surface area contributed by atoms with Crippen molar-refractivity contribution >= 4 is 38.9 Å². The Morgan fingerprint density at radius 3 is 2.35 bits per heavy atom. The van der Waals surface area contributed by atoms with Crippen molar-refractivity contribution in [2.24, 2.45) is 0 Å². The van der Waals surface area contributed by atoms with E-state index in [2.05, 4.69) is 5.32 Å². The van der Waals surface area contributed by atoms with Gasteiger partial charge in [-0.05, 0) is 67.9 Å². The first kappa shape index (κ1) is 22.7. The monoisotopic (exact) mass is 458 g/mol. The van der Waals surface area contributed by atoms with Gasteiger partial charge in [-0.3, -0.25) is 9.10 Å². The van der Waals surface area contributed by atoms with E-state index in [-0.39, 0.29) is 24.0 Å². The van der Waals surface area contributed by atoms with Crippen molar-refractivity contribution in [2.75, 3.05) is 22.8 Å². The molecule has 0 aromatic heterocycles. The molecule has 0 heterocycles. The van der Waals surface area contributed by atoms with Gasteiger partial charge in [0, 0.05) is 17.3 Å². The Morgan fingerprint density at radius 2 is 1.71 bits per heavy atom. The van der Waals surface area contributed by atoms with Crippen LogP contribution in [0.3, 0.4) is 0 Å². The maximum atomic E-state index is 12.9. The van der Waals surface area contributed by atoms with Gasteiger partial charge in [-0.1, -0.05) is 35.9 Å². The third-order valence-corrected chi connectivity index (χ3v) is 6.74. The third-order valence-electron chi connectivity index (χ3n) is 4.59. The molecule has 3 aromatic rings. The van der Waals surface area contributed by atoms with Crippen LogP contribution in [0.5, 0.6) is 5.75 Å². The van der Waals surface area contributed by atoms with E-state index in [0.29, 0.717) is 22.1 Å². The second-order valence-corrected chi connectivity index (χ2v) is 9.07. The Morgan fingerprint density at radius 1 is 1.03 bits per heavy atom. The number of rotatable bonds is 8. The van der Waals surface area contributed by atoms with Crippen LogP contribution in [0.1, 0.15) is 12.5 Å². The van der Waals surface area contributed by atoms with Crippen LogP contribution in [-0.4, -0.2) is 27.5 Å². The second kappa shape index (κ2) is 9.85. The minimum Gasteiger partial charge on any atom is -0.484 e. The van der Waals surface area contributed by atoms with Crippen LogP contribution < -0.4 is 14.4 Å². The smallest absolute Gasteiger partial charge is 0.264 e. The molecule has 0 spiro atoms. The molecule has 0 fully saturated rings. The number of nitrogens with one attached hydrogen (secondary N) is 1. The summed E-state index contributed by atoms with van der Waals surface area (Å²) in [6, 6.07) is 20.1. The average Bonchev–Trinajstić information content (AvgIpc) is 2.77. The molecule has 1 N–H and O–H groups in total. The lowest BCUT2D eigenvalue weighted by Gasteiger charge is -2.23. The number of carbonyl (C=O) groups is 1. The number of amides is 1. The summed E-state index contributed by atoms with van der Waals surface area (Å²) in [5, 5.41) is 3.29. The van der Waals surface area contributed by atoms with Gasteiger partial charge in [-0.25, -0.2) is 8.42 Å². The van der Waals surface area contributed by atoms with E-state index in [4.69, 9.17) is 16.3 Å². The molecular weight excluding hydrogens is 436 g/mol. The van der Waals surface area contributed by atoms with E-state index in [1.807, 2.05) is 13.0 Å². The van der Waals surface area contributed by atoms with Gasteiger partial charge in [0.2, 0.25) is 0 Å². The SMILES string of the molecule is CCN(c1ccc(OCC(=O)Nc2cc(Cl)ccc2C)cc1)S(=O)(=O)c1ccccc1. The summed E-state index contributed by atoms with van der Waals surface area (Å²) in [5.41, 5.74) is 2.03. The summed E-state index contributed by atoms with van der Waals surface area (Å²) in [6.07, 6.45) is 0. The number of benzene rings is 3. The summed E-state index contributed by atoms with van der Waals surface area (Å²) in [7, 11) is -3.67. The van der Waals surface area contributed by atoms with Gasteiger partial charge in [-0.2, -0.15) is 0 Å². The fourth-order valence-electron chi connectivity index (χ4n) is 2.98. The largest absolute Gasteiger partial charge is 0.484 e.